The SMILES string of the molecule is CSc1ncc(CCN2CCC(C3(c4ccc(F)cc4)OCCO3)CC2)c(=O)[nH]1. The molecule has 29 heavy (non-hydrogen) atoms. The number of hydrogen-bond acceptors (Lipinski definition) is 6. The van der Waals surface area contributed by atoms with E-state index in [0.717, 1.165) is 43.6 Å². The van der Waals surface area contributed by atoms with Crippen molar-refractivity contribution in [1.82, 2.24) is 14.9 Å². The normalized spacial score (nSPS) is 20.2. The first kappa shape index (κ1) is 20.5. The van der Waals surface area contributed by atoms with E-state index < -0.39 is 5.79 Å². The second-order valence-electron chi connectivity index (χ2n) is 7.48. The number of rotatable bonds is 6. The van der Waals surface area contributed by atoms with Crippen LogP contribution in [0.1, 0.15) is 24.0 Å². The van der Waals surface area contributed by atoms with Crippen molar-refractivity contribution in [2.45, 2.75) is 30.2 Å². The van der Waals surface area contributed by atoms with E-state index in [0.29, 0.717) is 24.8 Å². The Labute approximate surface area is 173 Å². The zero-order valence-electron chi connectivity index (χ0n) is 16.5. The first-order chi connectivity index (χ1) is 14.1. The Balaban J connectivity index is 1.37. The average Bonchev–Trinajstić information content (AvgIpc) is 3.25. The maximum absolute atomic E-state index is 13.4. The lowest BCUT2D eigenvalue weighted by Crippen LogP contribution is -2.44. The highest BCUT2D eigenvalue weighted by Crippen LogP contribution is 2.43. The molecule has 2 saturated heterocycles. The van der Waals surface area contributed by atoms with Crippen LogP contribution in [-0.4, -0.2) is 54.0 Å². The van der Waals surface area contributed by atoms with E-state index in [4.69, 9.17) is 9.47 Å². The fourth-order valence-corrected chi connectivity index (χ4v) is 4.60. The summed E-state index contributed by atoms with van der Waals surface area (Å²) in [5, 5.41) is 0.641. The molecule has 2 aliphatic heterocycles. The molecule has 0 spiro atoms. The Morgan fingerprint density at radius 1 is 1.24 bits per heavy atom. The molecule has 1 aromatic carbocycles. The predicted molar refractivity (Wildman–Crippen MR) is 109 cm³/mol. The van der Waals surface area contributed by atoms with E-state index in [1.165, 1.54) is 23.9 Å². The molecule has 0 bridgehead atoms. The predicted octanol–water partition coefficient (Wildman–Crippen LogP) is 2.79. The summed E-state index contributed by atoms with van der Waals surface area (Å²) in [6.45, 7) is 3.75. The van der Waals surface area contributed by atoms with Crippen LogP contribution in [0, 0.1) is 11.7 Å². The van der Waals surface area contributed by atoms with Gasteiger partial charge in [-0.1, -0.05) is 23.9 Å². The first-order valence-electron chi connectivity index (χ1n) is 9.99. The van der Waals surface area contributed by atoms with Crippen molar-refractivity contribution >= 4 is 11.8 Å². The highest BCUT2D eigenvalue weighted by molar-refractivity contribution is 7.98. The summed E-state index contributed by atoms with van der Waals surface area (Å²) in [5.41, 5.74) is 1.55. The number of nitrogens with zero attached hydrogens (tertiary/aromatic N) is 2. The molecule has 0 unspecified atom stereocenters. The molecular weight excluding hydrogens is 393 g/mol. The van der Waals surface area contributed by atoms with Gasteiger partial charge in [0.2, 0.25) is 0 Å². The van der Waals surface area contributed by atoms with Crippen molar-refractivity contribution in [3.8, 4) is 0 Å². The summed E-state index contributed by atoms with van der Waals surface area (Å²) in [6.07, 6.45) is 6.10. The average molecular weight is 420 g/mol. The van der Waals surface area contributed by atoms with Gasteiger partial charge >= 0.3 is 0 Å². The van der Waals surface area contributed by atoms with Gasteiger partial charge in [0, 0.05) is 29.8 Å². The van der Waals surface area contributed by atoms with Crippen LogP contribution in [0.25, 0.3) is 0 Å². The van der Waals surface area contributed by atoms with E-state index in [1.54, 1.807) is 18.3 Å². The third kappa shape index (κ3) is 4.40. The highest BCUT2D eigenvalue weighted by Gasteiger charge is 2.46. The van der Waals surface area contributed by atoms with Gasteiger partial charge in [0.1, 0.15) is 5.82 Å². The quantitative estimate of drug-likeness (QED) is 0.574. The number of ether oxygens (including phenoxy) is 2. The number of hydrogen-bond donors (Lipinski definition) is 1. The minimum absolute atomic E-state index is 0.0535. The van der Waals surface area contributed by atoms with Crippen molar-refractivity contribution < 1.29 is 13.9 Å². The molecular formula is C21H26FN3O3S. The summed E-state index contributed by atoms with van der Waals surface area (Å²) in [7, 11) is 0. The third-order valence-electron chi connectivity index (χ3n) is 5.83. The Kier molecular flexibility index (Phi) is 6.34. The molecule has 8 heteroatoms. The lowest BCUT2D eigenvalue weighted by Gasteiger charge is -2.41. The summed E-state index contributed by atoms with van der Waals surface area (Å²) < 4.78 is 25.5. The Hall–Kier alpha value is -1.74. The number of halogens is 1. The lowest BCUT2D eigenvalue weighted by molar-refractivity contribution is -0.214. The Bertz CT molecular complexity index is 875. The standard InChI is InChI=1S/C21H26FN3O3S/c1-29-20-23-14-15(19(26)24-20)6-9-25-10-7-17(8-11-25)21(27-12-13-28-21)16-2-4-18(22)5-3-16/h2-5,14,17H,6-13H2,1H3,(H,23,24,26). The van der Waals surface area contributed by atoms with E-state index in [2.05, 4.69) is 14.9 Å². The van der Waals surface area contributed by atoms with Gasteiger partial charge < -0.3 is 19.4 Å². The van der Waals surface area contributed by atoms with Gasteiger partial charge in [-0.25, -0.2) is 9.37 Å². The van der Waals surface area contributed by atoms with Gasteiger partial charge in [-0.15, -0.1) is 0 Å². The number of nitrogens with one attached hydrogen (secondary N) is 1. The number of aromatic amines is 1. The molecule has 0 aliphatic carbocycles. The van der Waals surface area contributed by atoms with Gasteiger partial charge in [0.05, 0.1) is 13.2 Å². The van der Waals surface area contributed by atoms with Crippen LogP contribution < -0.4 is 5.56 Å². The summed E-state index contributed by atoms with van der Waals surface area (Å²) >= 11 is 1.43. The van der Waals surface area contributed by atoms with Crippen LogP contribution in [0.2, 0.25) is 0 Å². The summed E-state index contributed by atoms with van der Waals surface area (Å²) in [6, 6.07) is 6.46. The van der Waals surface area contributed by atoms with Gasteiger partial charge in [-0.05, 0) is 50.7 Å². The van der Waals surface area contributed by atoms with E-state index in [9.17, 15) is 9.18 Å². The molecule has 2 fully saturated rings. The smallest absolute Gasteiger partial charge is 0.254 e. The minimum Gasteiger partial charge on any atom is -0.343 e. The zero-order chi connectivity index (χ0) is 20.3. The minimum atomic E-state index is -0.769. The zero-order valence-corrected chi connectivity index (χ0v) is 17.3. The largest absolute Gasteiger partial charge is 0.343 e. The first-order valence-corrected chi connectivity index (χ1v) is 11.2. The molecule has 0 saturated carbocycles. The fourth-order valence-electron chi connectivity index (χ4n) is 4.25. The molecule has 156 valence electrons. The maximum atomic E-state index is 13.4. The maximum Gasteiger partial charge on any atom is 0.254 e. The summed E-state index contributed by atoms with van der Waals surface area (Å²) in [4.78, 5) is 21.6. The second-order valence-corrected chi connectivity index (χ2v) is 8.28. The van der Waals surface area contributed by atoms with Crippen molar-refractivity contribution in [2.24, 2.45) is 5.92 Å². The number of likely N-dealkylation sites (tertiary alicyclic amines) is 1. The van der Waals surface area contributed by atoms with Crippen molar-refractivity contribution in [3.05, 3.63) is 57.8 Å². The monoisotopic (exact) mass is 419 g/mol. The molecule has 2 aromatic rings. The van der Waals surface area contributed by atoms with Gasteiger partial charge in [0.15, 0.2) is 10.9 Å². The van der Waals surface area contributed by atoms with E-state index in [1.807, 2.05) is 6.26 Å². The molecule has 1 N–H and O–H groups in total. The molecule has 0 radical (unpaired) electrons. The number of H-pyrrole nitrogens is 1. The van der Waals surface area contributed by atoms with Gasteiger partial charge in [-0.2, -0.15) is 0 Å². The van der Waals surface area contributed by atoms with Crippen LogP contribution in [0.5, 0.6) is 0 Å². The van der Waals surface area contributed by atoms with Crippen molar-refractivity contribution in [1.29, 1.82) is 0 Å². The fraction of sp³-hybridized carbons (Fsp3) is 0.524. The van der Waals surface area contributed by atoms with Crippen LogP contribution in [0.15, 0.2) is 40.4 Å². The van der Waals surface area contributed by atoms with Crippen LogP contribution in [-0.2, 0) is 21.7 Å². The molecule has 0 amide bonds. The van der Waals surface area contributed by atoms with Crippen molar-refractivity contribution in [2.75, 3.05) is 39.1 Å². The van der Waals surface area contributed by atoms with Gasteiger partial charge in [-0.3, -0.25) is 4.79 Å². The molecule has 1 aromatic heterocycles. The lowest BCUT2D eigenvalue weighted by atomic mass is 9.84. The molecule has 0 atom stereocenters. The van der Waals surface area contributed by atoms with Crippen molar-refractivity contribution in [3.63, 3.8) is 0 Å². The Morgan fingerprint density at radius 3 is 2.55 bits per heavy atom. The number of aromatic nitrogens is 2. The molecule has 6 nitrogen and oxygen atoms in total. The van der Waals surface area contributed by atoms with Crippen LogP contribution in [0.4, 0.5) is 4.39 Å². The number of piperidine rings is 1. The van der Waals surface area contributed by atoms with Gasteiger partial charge in [0.25, 0.3) is 5.56 Å². The third-order valence-corrected chi connectivity index (χ3v) is 6.42. The van der Waals surface area contributed by atoms with Crippen LogP contribution >= 0.6 is 11.8 Å². The molecule has 4 rings (SSSR count). The summed E-state index contributed by atoms with van der Waals surface area (Å²) in [5.74, 6) is -0.807. The van der Waals surface area contributed by atoms with Crippen LogP contribution in [0.3, 0.4) is 0 Å². The van der Waals surface area contributed by atoms with E-state index >= 15 is 0 Å². The second kappa shape index (κ2) is 8.95. The number of thioether (sulfide) groups is 1. The molecule has 3 heterocycles. The topological polar surface area (TPSA) is 67.5 Å². The highest BCUT2D eigenvalue weighted by atomic mass is 32.2. The Morgan fingerprint density at radius 2 is 1.93 bits per heavy atom. The number of benzene rings is 1. The van der Waals surface area contributed by atoms with E-state index in [-0.39, 0.29) is 17.3 Å². The molecule has 2 aliphatic rings.